The molecule has 6 heteroatoms. The van der Waals surface area contributed by atoms with Crippen molar-refractivity contribution < 1.29 is 13.2 Å². The molecule has 0 fully saturated rings. The van der Waals surface area contributed by atoms with Crippen molar-refractivity contribution in [3.8, 4) is 0 Å². The van der Waals surface area contributed by atoms with E-state index in [0.29, 0.717) is 0 Å². The summed E-state index contributed by atoms with van der Waals surface area (Å²) < 4.78 is 22.9. The number of carbonyl (C=O) groups excluding carboxylic acids is 1. The summed E-state index contributed by atoms with van der Waals surface area (Å²) in [6.45, 7) is 1.81. The van der Waals surface area contributed by atoms with Crippen molar-refractivity contribution >= 4 is 33.0 Å². The van der Waals surface area contributed by atoms with E-state index in [9.17, 15) is 13.2 Å². The van der Waals surface area contributed by atoms with Gasteiger partial charge in [0.2, 0.25) is 5.91 Å². The number of amides is 1. The van der Waals surface area contributed by atoms with Crippen LogP contribution in [0.3, 0.4) is 0 Å². The third-order valence-corrected chi connectivity index (χ3v) is 3.33. The molecule has 1 amide bonds. The van der Waals surface area contributed by atoms with Crippen LogP contribution in [0.1, 0.15) is 5.56 Å². The van der Waals surface area contributed by atoms with Gasteiger partial charge in [-0.2, -0.15) is 0 Å². The Balaban J connectivity index is 3.24. The first-order valence-corrected chi connectivity index (χ1v) is 6.93. The third kappa shape index (κ3) is 3.21. The second-order valence-corrected chi connectivity index (χ2v) is 5.71. The minimum absolute atomic E-state index is 0.0940. The van der Waals surface area contributed by atoms with Gasteiger partial charge < -0.3 is 5.32 Å². The molecule has 0 aliphatic carbocycles. The molecule has 1 aromatic carbocycles. The Bertz CT molecular complexity index is 511. The Kier molecular flexibility index (Phi) is 3.93. The molecule has 0 aliphatic rings. The number of sulfone groups is 1. The molecule has 1 N–H and O–H groups in total. The second-order valence-electron chi connectivity index (χ2n) is 3.45. The van der Waals surface area contributed by atoms with Gasteiger partial charge in [0.25, 0.3) is 0 Å². The van der Waals surface area contributed by atoms with Gasteiger partial charge in [0.15, 0.2) is 9.84 Å². The number of carbonyl (C=O) groups is 1. The molecule has 0 spiro atoms. The van der Waals surface area contributed by atoms with E-state index < -0.39 is 15.7 Å². The number of aryl methyl sites for hydroxylation is 1. The van der Waals surface area contributed by atoms with Crippen molar-refractivity contribution in [3.63, 3.8) is 0 Å². The number of nitrogens with one attached hydrogen (secondary N) is 1. The topological polar surface area (TPSA) is 63.2 Å². The van der Waals surface area contributed by atoms with Gasteiger partial charge in [0, 0.05) is 6.26 Å². The fourth-order valence-corrected chi connectivity index (χ4v) is 2.14. The number of hydrogen-bond acceptors (Lipinski definition) is 3. The van der Waals surface area contributed by atoms with Crippen LogP contribution in [0.2, 0.25) is 0 Å². The molecule has 0 unspecified atom stereocenters. The van der Waals surface area contributed by atoms with E-state index in [-0.39, 0.29) is 16.5 Å². The average Bonchev–Trinajstić information content (AvgIpc) is 2.15. The maximum Gasteiger partial charge on any atom is 0.239 e. The fraction of sp³-hybridized carbons (Fsp3) is 0.300. The predicted molar refractivity (Wildman–Crippen MR) is 63.6 cm³/mol. The highest BCUT2D eigenvalue weighted by Crippen LogP contribution is 2.22. The molecule has 0 saturated carbocycles. The molecule has 0 aromatic heterocycles. The van der Waals surface area contributed by atoms with Crippen LogP contribution in [0.4, 0.5) is 5.69 Å². The van der Waals surface area contributed by atoms with Crippen molar-refractivity contribution in [3.05, 3.63) is 23.8 Å². The van der Waals surface area contributed by atoms with Gasteiger partial charge in [0.1, 0.15) is 5.88 Å². The maximum absolute atomic E-state index is 11.5. The summed E-state index contributed by atoms with van der Waals surface area (Å²) in [5, 5.41) is 2.46. The lowest BCUT2D eigenvalue weighted by atomic mass is 10.2. The van der Waals surface area contributed by atoms with Crippen LogP contribution >= 0.6 is 11.6 Å². The molecule has 0 bridgehead atoms. The van der Waals surface area contributed by atoms with E-state index >= 15 is 0 Å². The van der Waals surface area contributed by atoms with Gasteiger partial charge in [-0.25, -0.2) is 8.42 Å². The highest BCUT2D eigenvalue weighted by Gasteiger charge is 2.14. The van der Waals surface area contributed by atoms with E-state index in [1.807, 2.05) is 6.92 Å². The first-order valence-electron chi connectivity index (χ1n) is 4.51. The molecule has 16 heavy (non-hydrogen) atoms. The molecule has 0 radical (unpaired) electrons. The largest absolute Gasteiger partial charge is 0.324 e. The normalized spacial score (nSPS) is 11.2. The van der Waals surface area contributed by atoms with Crippen molar-refractivity contribution in [1.82, 2.24) is 0 Å². The number of alkyl halides is 1. The van der Waals surface area contributed by atoms with Gasteiger partial charge in [-0.3, -0.25) is 4.79 Å². The minimum atomic E-state index is -3.36. The molecule has 0 heterocycles. The first kappa shape index (κ1) is 13.0. The van der Waals surface area contributed by atoms with Crippen LogP contribution < -0.4 is 5.32 Å². The molecular weight excluding hydrogens is 250 g/mol. The van der Waals surface area contributed by atoms with E-state index in [4.69, 9.17) is 11.6 Å². The fourth-order valence-electron chi connectivity index (χ4n) is 1.25. The quantitative estimate of drug-likeness (QED) is 0.840. The number of anilines is 1. The van der Waals surface area contributed by atoms with Crippen molar-refractivity contribution in [1.29, 1.82) is 0 Å². The van der Waals surface area contributed by atoms with Crippen LogP contribution in [0.5, 0.6) is 0 Å². The van der Waals surface area contributed by atoms with Crippen molar-refractivity contribution in [2.24, 2.45) is 0 Å². The van der Waals surface area contributed by atoms with Crippen LogP contribution in [-0.2, 0) is 14.6 Å². The van der Waals surface area contributed by atoms with E-state index in [0.717, 1.165) is 11.8 Å². The smallest absolute Gasteiger partial charge is 0.239 e. The molecule has 0 atom stereocenters. The Labute approximate surface area is 99.5 Å². The number of rotatable bonds is 3. The molecular formula is C10H12ClNO3S. The first-order chi connectivity index (χ1) is 7.34. The van der Waals surface area contributed by atoms with E-state index in [1.165, 1.54) is 6.07 Å². The molecule has 1 rings (SSSR count). The van der Waals surface area contributed by atoms with Gasteiger partial charge in [0.05, 0.1) is 10.6 Å². The monoisotopic (exact) mass is 261 g/mol. The highest BCUT2D eigenvalue weighted by atomic mass is 35.5. The van der Waals surface area contributed by atoms with E-state index in [1.54, 1.807) is 12.1 Å². The summed E-state index contributed by atoms with van der Waals surface area (Å²) in [6, 6.07) is 4.74. The van der Waals surface area contributed by atoms with E-state index in [2.05, 4.69) is 5.32 Å². The Morgan fingerprint density at radius 3 is 2.56 bits per heavy atom. The molecule has 0 aliphatic heterocycles. The lowest BCUT2D eigenvalue weighted by Gasteiger charge is -2.09. The predicted octanol–water partition coefficient (Wildman–Crippen LogP) is 1.58. The molecule has 0 saturated heterocycles. The van der Waals surface area contributed by atoms with Crippen molar-refractivity contribution in [2.75, 3.05) is 17.5 Å². The van der Waals surface area contributed by atoms with Gasteiger partial charge >= 0.3 is 0 Å². The summed E-state index contributed by atoms with van der Waals surface area (Å²) in [5.74, 6) is -0.644. The third-order valence-electron chi connectivity index (χ3n) is 1.93. The van der Waals surface area contributed by atoms with Crippen LogP contribution in [0, 0.1) is 6.92 Å². The SMILES string of the molecule is Cc1ccc(S(C)(=O)=O)c(NC(=O)CCl)c1. The average molecular weight is 262 g/mol. The second kappa shape index (κ2) is 4.84. The lowest BCUT2D eigenvalue weighted by molar-refractivity contribution is -0.113. The van der Waals surface area contributed by atoms with Gasteiger partial charge in [-0.15, -0.1) is 11.6 Å². The number of benzene rings is 1. The summed E-state index contributed by atoms with van der Waals surface area (Å²) in [5.41, 5.74) is 1.13. The number of hydrogen-bond donors (Lipinski definition) is 1. The Morgan fingerprint density at radius 1 is 1.44 bits per heavy atom. The Hall–Kier alpha value is -1.07. The minimum Gasteiger partial charge on any atom is -0.324 e. The zero-order chi connectivity index (χ0) is 12.3. The summed E-state index contributed by atoms with van der Waals surface area (Å²) in [6.07, 6.45) is 1.09. The maximum atomic E-state index is 11.5. The van der Waals surface area contributed by atoms with Crippen molar-refractivity contribution in [2.45, 2.75) is 11.8 Å². The summed E-state index contributed by atoms with van der Waals surface area (Å²) >= 11 is 5.35. The Morgan fingerprint density at radius 2 is 2.06 bits per heavy atom. The van der Waals surface area contributed by atoms with Crippen LogP contribution in [-0.4, -0.2) is 26.5 Å². The zero-order valence-electron chi connectivity index (χ0n) is 8.95. The van der Waals surface area contributed by atoms with Crippen LogP contribution in [0.15, 0.2) is 23.1 Å². The summed E-state index contributed by atoms with van der Waals surface area (Å²) in [4.78, 5) is 11.2. The zero-order valence-corrected chi connectivity index (χ0v) is 10.5. The molecule has 1 aromatic rings. The summed E-state index contributed by atoms with van der Waals surface area (Å²) in [7, 11) is -3.36. The molecule has 88 valence electrons. The van der Waals surface area contributed by atoms with Gasteiger partial charge in [-0.1, -0.05) is 6.07 Å². The van der Waals surface area contributed by atoms with Crippen LogP contribution in [0.25, 0.3) is 0 Å². The van der Waals surface area contributed by atoms with Gasteiger partial charge in [-0.05, 0) is 24.6 Å². The standard InChI is InChI=1S/C10H12ClNO3S/c1-7-3-4-9(16(2,14)15)8(5-7)12-10(13)6-11/h3-5H,6H2,1-2H3,(H,12,13). The highest BCUT2D eigenvalue weighted by molar-refractivity contribution is 7.90. The molecule has 4 nitrogen and oxygen atoms in total. The lowest BCUT2D eigenvalue weighted by Crippen LogP contribution is -2.15. The number of halogens is 1.